The van der Waals surface area contributed by atoms with Crippen LogP contribution in [0, 0.1) is 13.8 Å². The highest BCUT2D eigenvalue weighted by Crippen LogP contribution is 2.35. The number of benzene rings is 1. The molecule has 1 aliphatic rings. The van der Waals surface area contributed by atoms with Crippen LogP contribution >= 0.6 is 11.3 Å². The Bertz CT molecular complexity index is 990. The van der Waals surface area contributed by atoms with Crippen LogP contribution < -0.4 is 5.32 Å². The van der Waals surface area contributed by atoms with Crippen molar-refractivity contribution >= 4 is 23.1 Å². The Balaban J connectivity index is 1.48. The summed E-state index contributed by atoms with van der Waals surface area (Å²) < 4.78 is 1.99. The topological polar surface area (TPSA) is 50.2 Å². The first kappa shape index (κ1) is 18.7. The van der Waals surface area contributed by atoms with E-state index in [2.05, 4.69) is 47.8 Å². The van der Waals surface area contributed by atoms with Gasteiger partial charge in [-0.3, -0.25) is 4.68 Å². The number of carbonyl (C=O) groups excluding carboxylic acids is 1. The minimum absolute atomic E-state index is 0.0213. The van der Waals surface area contributed by atoms with Crippen LogP contribution in [0.2, 0.25) is 0 Å². The molecule has 146 valence electrons. The Labute approximate surface area is 170 Å². The van der Waals surface area contributed by atoms with Crippen LogP contribution in [0.3, 0.4) is 0 Å². The monoisotopic (exact) mass is 394 g/mol. The number of carbonyl (C=O) groups is 1. The standard InChI is InChI=1S/C22H26N4OS/c1-4-20-19-9-11-28-21(19)8-10-25(20)22(27)23-18-7-5-6-17(13-18)14-26-16(3)12-15(2)24-26/h5-7,9,11-13,20H,4,8,10,14H2,1-3H3,(H,23,27). The molecule has 0 saturated heterocycles. The van der Waals surface area contributed by atoms with Gasteiger partial charge in [-0.1, -0.05) is 19.1 Å². The van der Waals surface area contributed by atoms with E-state index in [1.165, 1.54) is 10.4 Å². The van der Waals surface area contributed by atoms with Crippen molar-refractivity contribution in [3.63, 3.8) is 0 Å². The fraction of sp³-hybridized carbons (Fsp3) is 0.364. The lowest BCUT2D eigenvalue weighted by Gasteiger charge is -2.35. The zero-order valence-corrected chi connectivity index (χ0v) is 17.4. The summed E-state index contributed by atoms with van der Waals surface area (Å²) in [7, 11) is 0. The van der Waals surface area contributed by atoms with E-state index in [9.17, 15) is 4.79 Å². The molecule has 28 heavy (non-hydrogen) atoms. The number of thiophene rings is 1. The molecule has 0 bridgehead atoms. The summed E-state index contributed by atoms with van der Waals surface area (Å²) in [6, 6.07) is 12.4. The van der Waals surface area contributed by atoms with E-state index < -0.39 is 0 Å². The molecule has 4 rings (SSSR count). The number of aromatic nitrogens is 2. The Morgan fingerprint density at radius 1 is 1.29 bits per heavy atom. The van der Waals surface area contributed by atoms with Crippen LogP contribution in [0.25, 0.3) is 0 Å². The maximum absolute atomic E-state index is 13.0. The number of anilines is 1. The number of hydrogen-bond donors (Lipinski definition) is 1. The van der Waals surface area contributed by atoms with Gasteiger partial charge in [0, 0.05) is 22.8 Å². The Kier molecular flexibility index (Phi) is 5.22. The summed E-state index contributed by atoms with van der Waals surface area (Å²) in [6.45, 7) is 7.67. The highest BCUT2D eigenvalue weighted by Gasteiger charge is 2.30. The average Bonchev–Trinajstić information content (AvgIpc) is 3.27. The van der Waals surface area contributed by atoms with E-state index in [4.69, 9.17) is 0 Å². The van der Waals surface area contributed by atoms with Crippen LogP contribution in [-0.4, -0.2) is 27.3 Å². The van der Waals surface area contributed by atoms with Gasteiger partial charge in [-0.25, -0.2) is 4.79 Å². The molecule has 0 saturated carbocycles. The highest BCUT2D eigenvalue weighted by molar-refractivity contribution is 7.10. The second-order valence-corrected chi connectivity index (χ2v) is 8.38. The maximum atomic E-state index is 13.0. The summed E-state index contributed by atoms with van der Waals surface area (Å²) in [5, 5.41) is 9.77. The van der Waals surface area contributed by atoms with Crippen molar-refractivity contribution in [2.24, 2.45) is 0 Å². The molecule has 0 fully saturated rings. The van der Waals surface area contributed by atoms with Crippen molar-refractivity contribution in [3.05, 3.63) is 69.2 Å². The number of fused-ring (bicyclic) bond motifs is 1. The lowest BCUT2D eigenvalue weighted by Crippen LogP contribution is -2.41. The molecule has 0 spiro atoms. The van der Waals surface area contributed by atoms with Crippen molar-refractivity contribution in [2.75, 3.05) is 11.9 Å². The van der Waals surface area contributed by atoms with Gasteiger partial charge >= 0.3 is 6.03 Å². The Hall–Kier alpha value is -2.60. The van der Waals surface area contributed by atoms with E-state index >= 15 is 0 Å². The molecule has 2 aromatic heterocycles. The Morgan fingerprint density at radius 2 is 2.14 bits per heavy atom. The first-order valence-corrected chi connectivity index (χ1v) is 10.7. The largest absolute Gasteiger partial charge is 0.322 e. The quantitative estimate of drug-likeness (QED) is 0.665. The smallest absolute Gasteiger partial charge is 0.317 e. The van der Waals surface area contributed by atoms with Crippen LogP contribution in [0.1, 0.15) is 46.8 Å². The van der Waals surface area contributed by atoms with E-state index in [1.807, 2.05) is 34.7 Å². The molecule has 1 aliphatic heterocycles. The number of aryl methyl sites for hydroxylation is 2. The molecule has 1 unspecified atom stereocenters. The number of urea groups is 1. The third-order valence-corrected chi connectivity index (χ3v) is 6.35. The minimum atomic E-state index is -0.0213. The van der Waals surface area contributed by atoms with Crippen LogP contribution in [0.5, 0.6) is 0 Å². The zero-order chi connectivity index (χ0) is 19.7. The van der Waals surface area contributed by atoms with Crippen LogP contribution in [0.4, 0.5) is 10.5 Å². The Morgan fingerprint density at radius 3 is 2.89 bits per heavy atom. The zero-order valence-electron chi connectivity index (χ0n) is 16.6. The summed E-state index contributed by atoms with van der Waals surface area (Å²) >= 11 is 1.80. The van der Waals surface area contributed by atoms with Crippen LogP contribution in [-0.2, 0) is 13.0 Å². The second-order valence-electron chi connectivity index (χ2n) is 7.38. The van der Waals surface area contributed by atoms with Crippen molar-refractivity contribution < 1.29 is 4.79 Å². The van der Waals surface area contributed by atoms with Gasteiger partial charge in [0.25, 0.3) is 0 Å². The van der Waals surface area contributed by atoms with Gasteiger partial charge in [-0.15, -0.1) is 11.3 Å². The number of nitrogens with zero attached hydrogens (tertiary/aromatic N) is 3. The fourth-order valence-electron chi connectivity index (χ4n) is 4.03. The van der Waals surface area contributed by atoms with E-state index in [-0.39, 0.29) is 12.1 Å². The van der Waals surface area contributed by atoms with Gasteiger partial charge in [0.15, 0.2) is 0 Å². The highest BCUT2D eigenvalue weighted by atomic mass is 32.1. The first-order chi connectivity index (χ1) is 13.5. The van der Waals surface area contributed by atoms with Gasteiger partial charge in [-0.05, 0) is 67.5 Å². The molecule has 5 nitrogen and oxygen atoms in total. The third-order valence-electron chi connectivity index (χ3n) is 5.36. The van der Waals surface area contributed by atoms with Gasteiger partial charge in [0.05, 0.1) is 18.3 Å². The van der Waals surface area contributed by atoms with E-state index in [0.717, 1.165) is 42.0 Å². The molecule has 2 amide bonds. The van der Waals surface area contributed by atoms with Crippen LogP contribution in [0.15, 0.2) is 41.8 Å². The van der Waals surface area contributed by atoms with Gasteiger partial charge in [0.2, 0.25) is 0 Å². The van der Waals surface area contributed by atoms with E-state index in [0.29, 0.717) is 6.54 Å². The first-order valence-electron chi connectivity index (χ1n) is 9.79. The SMILES string of the molecule is CCC1c2ccsc2CCN1C(=O)Nc1cccc(Cn2nc(C)cc2C)c1. The molecule has 6 heteroatoms. The predicted molar refractivity (Wildman–Crippen MR) is 114 cm³/mol. The number of amides is 2. The summed E-state index contributed by atoms with van der Waals surface area (Å²) in [6.07, 6.45) is 1.87. The normalized spacial score (nSPS) is 16.1. The van der Waals surface area contributed by atoms with Gasteiger partial charge in [0.1, 0.15) is 0 Å². The molecule has 0 aliphatic carbocycles. The molecule has 1 N–H and O–H groups in total. The summed E-state index contributed by atoms with van der Waals surface area (Å²) in [5.41, 5.74) is 5.42. The number of nitrogens with one attached hydrogen (secondary N) is 1. The number of hydrogen-bond acceptors (Lipinski definition) is 3. The molecule has 1 atom stereocenters. The molecule has 3 aromatic rings. The maximum Gasteiger partial charge on any atom is 0.322 e. The average molecular weight is 395 g/mol. The van der Waals surface area contributed by atoms with Gasteiger partial charge in [-0.2, -0.15) is 5.10 Å². The van der Waals surface area contributed by atoms with Crippen molar-refractivity contribution in [3.8, 4) is 0 Å². The third kappa shape index (κ3) is 3.69. The lowest BCUT2D eigenvalue weighted by atomic mass is 9.98. The van der Waals surface area contributed by atoms with Crippen molar-refractivity contribution in [1.29, 1.82) is 0 Å². The van der Waals surface area contributed by atoms with Crippen molar-refractivity contribution in [2.45, 2.75) is 46.2 Å². The van der Waals surface area contributed by atoms with Gasteiger partial charge < -0.3 is 10.2 Å². The molecule has 3 heterocycles. The lowest BCUT2D eigenvalue weighted by molar-refractivity contribution is 0.181. The fourth-order valence-corrected chi connectivity index (χ4v) is 4.96. The second kappa shape index (κ2) is 7.80. The summed E-state index contributed by atoms with van der Waals surface area (Å²) in [4.78, 5) is 16.4. The minimum Gasteiger partial charge on any atom is -0.317 e. The van der Waals surface area contributed by atoms with E-state index in [1.54, 1.807) is 11.3 Å². The summed E-state index contributed by atoms with van der Waals surface area (Å²) in [5.74, 6) is 0. The van der Waals surface area contributed by atoms with Crippen molar-refractivity contribution in [1.82, 2.24) is 14.7 Å². The molecular formula is C22H26N4OS. The molecular weight excluding hydrogens is 368 g/mol. The molecule has 0 radical (unpaired) electrons. The number of rotatable bonds is 4. The predicted octanol–water partition coefficient (Wildman–Crippen LogP) is 5.15. The molecule has 1 aromatic carbocycles.